The molecule has 0 bridgehead atoms. The van der Waals surface area contributed by atoms with E-state index < -0.39 is 0 Å². The SMILES string of the molecule is Clc1cc(Cl)c(-c2ccoc2)c(Cl)c1. The van der Waals surface area contributed by atoms with Crippen molar-refractivity contribution in [3.8, 4) is 11.1 Å². The molecule has 0 saturated carbocycles. The molecule has 0 atom stereocenters. The maximum atomic E-state index is 6.02. The van der Waals surface area contributed by atoms with Crippen molar-refractivity contribution in [2.45, 2.75) is 0 Å². The molecule has 72 valence electrons. The van der Waals surface area contributed by atoms with Crippen LogP contribution in [0.15, 0.2) is 35.1 Å². The Hall–Kier alpha value is -0.630. The second-order valence-electron chi connectivity index (χ2n) is 2.76. The summed E-state index contributed by atoms with van der Waals surface area (Å²) < 4.78 is 4.96. The van der Waals surface area contributed by atoms with Crippen molar-refractivity contribution < 1.29 is 4.42 Å². The van der Waals surface area contributed by atoms with Gasteiger partial charge in [-0.3, -0.25) is 0 Å². The van der Waals surface area contributed by atoms with Crippen LogP contribution in [-0.4, -0.2) is 0 Å². The van der Waals surface area contributed by atoms with Gasteiger partial charge in [0.25, 0.3) is 0 Å². The highest BCUT2D eigenvalue weighted by Gasteiger charge is 2.10. The maximum absolute atomic E-state index is 6.02. The van der Waals surface area contributed by atoms with E-state index in [1.54, 1.807) is 30.7 Å². The minimum Gasteiger partial charge on any atom is -0.472 e. The third-order valence-electron chi connectivity index (χ3n) is 1.82. The summed E-state index contributed by atoms with van der Waals surface area (Å²) in [6.45, 7) is 0. The van der Waals surface area contributed by atoms with Crippen LogP contribution in [0, 0.1) is 0 Å². The van der Waals surface area contributed by atoms with E-state index in [4.69, 9.17) is 39.2 Å². The van der Waals surface area contributed by atoms with Crippen molar-refractivity contribution >= 4 is 34.8 Å². The molecule has 0 radical (unpaired) electrons. The normalized spacial score (nSPS) is 10.5. The molecule has 14 heavy (non-hydrogen) atoms. The zero-order chi connectivity index (χ0) is 10.1. The molecule has 2 aromatic rings. The molecule has 0 N–H and O–H groups in total. The van der Waals surface area contributed by atoms with Crippen LogP contribution in [-0.2, 0) is 0 Å². The molecule has 0 saturated heterocycles. The summed E-state index contributed by atoms with van der Waals surface area (Å²) >= 11 is 17.8. The van der Waals surface area contributed by atoms with E-state index in [9.17, 15) is 0 Å². The summed E-state index contributed by atoms with van der Waals surface area (Å²) in [6.07, 6.45) is 3.15. The summed E-state index contributed by atoms with van der Waals surface area (Å²) in [6, 6.07) is 5.09. The highest BCUT2D eigenvalue weighted by atomic mass is 35.5. The molecule has 0 amide bonds. The average molecular weight is 248 g/mol. The van der Waals surface area contributed by atoms with Gasteiger partial charge >= 0.3 is 0 Å². The number of halogens is 3. The first-order chi connectivity index (χ1) is 6.68. The first-order valence-electron chi connectivity index (χ1n) is 3.85. The summed E-state index contributed by atoms with van der Waals surface area (Å²) in [5.41, 5.74) is 1.59. The van der Waals surface area contributed by atoms with Gasteiger partial charge in [-0.05, 0) is 18.2 Å². The van der Waals surface area contributed by atoms with Crippen LogP contribution in [0.4, 0.5) is 0 Å². The van der Waals surface area contributed by atoms with E-state index in [-0.39, 0.29) is 0 Å². The van der Waals surface area contributed by atoms with E-state index in [2.05, 4.69) is 0 Å². The van der Waals surface area contributed by atoms with Gasteiger partial charge in [0.15, 0.2) is 0 Å². The molecule has 1 nitrogen and oxygen atoms in total. The van der Waals surface area contributed by atoms with Crippen LogP contribution in [0.3, 0.4) is 0 Å². The molecular weight excluding hydrogens is 242 g/mol. The van der Waals surface area contributed by atoms with E-state index in [1.165, 1.54) is 0 Å². The second kappa shape index (κ2) is 3.85. The van der Waals surface area contributed by atoms with Gasteiger partial charge < -0.3 is 4.42 Å². The van der Waals surface area contributed by atoms with Crippen molar-refractivity contribution in [3.63, 3.8) is 0 Å². The molecule has 4 heteroatoms. The van der Waals surface area contributed by atoms with E-state index in [0.717, 1.165) is 11.1 Å². The average Bonchev–Trinajstić information content (AvgIpc) is 2.54. The highest BCUT2D eigenvalue weighted by Crippen LogP contribution is 2.37. The Kier molecular flexibility index (Phi) is 2.73. The van der Waals surface area contributed by atoms with E-state index in [0.29, 0.717) is 15.1 Å². The first kappa shape index (κ1) is 9.91. The fourth-order valence-corrected chi connectivity index (χ4v) is 2.26. The van der Waals surface area contributed by atoms with Gasteiger partial charge in [-0.2, -0.15) is 0 Å². The fourth-order valence-electron chi connectivity index (χ4n) is 1.22. The number of rotatable bonds is 1. The minimum atomic E-state index is 0.518. The Morgan fingerprint density at radius 3 is 2.14 bits per heavy atom. The molecule has 0 aliphatic rings. The maximum Gasteiger partial charge on any atom is 0.0982 e. The van der Waals surface area contributed by atoms with Gasteiger partial charge in [-0.1, -0.05) is 34.8 Å². The largest absolute Gasteiger partial charge is 0.472 e. The van der Waals surface area contributed by atoms with Crippen molar-refractivity contribution in [3.05, 3.63) is 45.8 Å². The Bertz CT molecular complexity index is 425. The topological polar surface area (TPSA) is 13.1 Å². The molecule has 1 heterocycles. The highest BCUT2D eigenvalue weighted by molar-refractivity contribution is 6.41. The second-order valence-corrected chi connectivity index (χ2v) is 4.01. The van der Waals surface area contributed by atoms with Gasteiger partial charge in [0, 0.05) is 16.1 Å². The van der Waals surface area contributed by atoms with Gasteiger partial charge in [0.05, 0.1) is 22.6 Å². The lowest BCUT2D eigenvalue weighted by Crippen LogP contribution is -1.79. The molecule has 0 unspecified atom stereocenters. The van der Waals surface area contributed by atoms with Crippen LogP contribution < -0.4 is 0 Å². The quantitative estimate of drug-likeness (QED) is 0.698. The standard InChI is InChI=1S/C10H5Cl3O/c11-7-3-8(12)10(9(13)4-7)6-1-2-14-5-6/h1-5H. The van der Waals surface area contributed by atoms with Gasteiger partial charge in [0.2, 0.25) is 0 Å². The summed E-state index contributed by atoms with van der Waals surface area (Å²) in [7, 11) is 0. The van der Waals surface area contributed by atoms with Crippen LogP contribution in [0.25, 0.3) is 11.1 Å². The van der Waals surface area contributed by atoms with E-state index in [1.807, 2.05) is 0 Å². The minimum absolute atomic E-state index is 0.518. The smallest absolute Gasteiger partial charge is 0.0982 e. The Morgan fingerprint density at radius 2 is 1.64 bits per heavy atom. The lowest BCUT2D eigenvalue weighted by atomic mass is 10.1. The molecule has 2 rings (SSSR count). The van der Waals surface area contributed by atoms with Gasteiger partial charge in [-0.25, -0.2) is 0 Å². The lowest BCUT2D eigenvalue weighted by molar-refractivity contribution is 0.568. The summed E-state index contributed by atoms with van der Waals surface area (Å²) in [4.78, 5) is 0. The fraction of sp³-hybridized carbons (Fsp3) is 0. The van der Waals surface area contributed by atoms with Gasteiger partial charge in [0.1, 0.15) is 0 Å². The Balaban J connectivity index is 2.64. The van der Waals surface area contributed by atoms with Crippen LogP contribution in [0.5, 0.6) is 0 Å². The molecule has 0 spiro atoms. The number of benzene rings is 1. The molecule has 0 aliphatic heterocycles. The molecular formula is C10H5Cl3O. The van der Waals surface area contributed by atoms with Crippen molar-refractivity contribution in [1.29, 1.82) is 0 Å². The number of hydrogen-bond donors (Lipinski definition) is 0. The zero-order valence-corrected chi connectivity index (χ0v) is 9.20. The zero-order valence-electron chi connectivity index (χ0n) is 6.93. The molecule has 1 aromatic carbocycles. The molecule has 0 aliphatic carbocycles. The van der Waals surface area contributed by atoms with Crippen molar-refractivity contribution in [2.24, 2.45) is 0 Å². The van der Waals surface area contributed by atoms with Crippen LogP contribution in [0.2, 0.25) is 15.1 Å². The van der Waals surface area contributed by atoms with Crippen molar-refractivity contribution in [1.82, 2.24) is 0 Å². The van der Waals surface area contributed by atoms with Crippen LogP contribution in [0.1, 0.15) is 0 Å². The Morgan fingerprint density at radius 1 is 1.00 bits per heavy atom. The monoisotopic (exact) mass is 246 g/mol. The molecule has 1 aromatic heterocycles. The first-order valence-corrected chi connectivity index (χ1v) is 4.99. The summed E-state index contributed by atoms with van der Waals surface area (Å²) in [5, 5.41) is 1.56. The van der Waals surface area contributed by atoms with Gasteiger partial charge in [-0.15, -0.1) is 0 Å². The summed E-state index contributed by atoms with van der Waals surface area (Å²) in [5.74, 6) is 0. The van der Waals surface area contributed by atoms with Crippen LogP contribution >= 0.6 is 34.8 Å². The third-order valence-corrected chi connectivity index (χ3v) is 2.63. The third kappa shape index (κ3) is 1.76. The number of hydrogen-bond acceptors (Lipinski definition) is 1. The molecule has 0 fully saturated rings. The Labute approximate surface area is 96.2 Å². The predicted molar refractivity (Wildman–Crippen MR) is 59.2 cm³/mol. The number of furan rings is 1. The predicted octanol–water partition coefficient (Wildman–Crippen LogP) is 4.91. The van der Waals surface area contributed by atoms with Crippen molar-refractivity contribution in [2.75, 3.05) is 0 Å². The lowest BCUT2D eigenvalue weighted by Gasteiger charge is -2.04. The van der Waals surface area contributed by atoms with E-state index >= 15 is 0 Å².